The molecule has 466 valence electrons. The fraction of sp³-hybridized carbons (Fsp3) is 0. The molecule has 0 unspecified atom stereocenters. The second kappa shape index (κ2) is 23.2. The van der Waals surface area contributed by atoms with E-state index in [0.29, 0.717) is 0 Å². The molecule has 0 radical (unpaired) electrons. The first-order valence-corrected chi connectivity index (χ1v) is 34.5. The van der Waals surface area contributed by atoms with Crippen molar-refractivity contribution in [3.05, 3.63) is 376 Å². The van der Waals surface area contributed by atoms with Gasteiger partial charge in [-0.25, -0.2) is 0 Å². The normalized spacial score (nSPS) is 11.8. The first-order chi connectivity index (χ1) is 49.6. The van der Waals surface area contributed by atoms with E-state index in [2.05, 4.69) is 395 Å². The van der Waals surface area contributed by atoms with Crippen molar-refractivity contribution < 1.29 is 0 Å². The van der Waals surface area contributed by atoms with Gasteiger partial charge in [0.05, 0.1) is 44.8 Å². The summed E-state index contributed by atoms with van der Waals surface area (Å²) in [6.45, 7) is 0. The second-order valence-corrected chi connectivity index (χ2v) is 26.3. The first-order valence-electron chi connectivity index (χ1n) is 34.5. The zero-order chi connectivity index (χ0) is 65.8. The third kappa shape index (κ3) is 9.15. The van der Waals surface area contributed by atoms with Crippen LogP contribution < -0.4 is 9.80 Å². The molecule has 4 heteroatoms. The Kier molecular flexibility index (Phi) is 13.2. The van der Waals surface area contributed by atoms with Crippen LogP contribution in [0.25, 0.3) is 153 Å². The number of aromatic nitrogens is 2. The van der Waals surface area contributed by atoms with Crippen molar-refractivity contribution in [2.75, 3.05) is 9.80 Å². The van der Waals surface area contributed by atoms with Gasteiger partial charge in [-0.3, -0.25) is 0 Å². The largest absolute Gasteiger partial charge is 0.309 e. The van der Waals surface area contributed by atoms with E-state index in [1.807, 2.05) is 0 Å². The Balaban J connectivity index is 0.889. The Morgan fingerprint density at radius 3 is 0.930 bits per heavy atom. The Hall–Kier alpha value is -13.3. The number of para-hydroxylation sites is 4. The van der Waals surface area contributed by atoms with Crippen LogP contribution in [0.1, 0.15) is 0 Å². The SMILES string of the molecule is c1ccc(-c2ccc3ccc(-c4ccccc4)c(N(c4ccc5c(c4)c4ccccc4n5-c4ccccc4)c4ccc5ccc6c(N(c7ccc8c(c7)c7ccccc7n8-c7ccccc7)c7c(-c8ccccc8)ccc8ccc(-c9ccccc9)cc78)ccc7ccc4c5c76)c3c2)cc1. The second-order valence-electron chi connectivity index (χ2n) is 26.3. The van der Waals surface area contributed by atoms with Crippen molar-refractivity contribution in [3.63, 3.8) is 0 Å². The topological polar surface area (TPSA) is 16.3 Å². The Morgan fingerprint density at radius 2 is 0.520 bits per heavy atom. The van der Waals surface area contributed by atoms with Gasteiger partial charge in [0.25, 0.3) is 0 Å². The van der Waals surface area contributed by atoms with Crippen LogP contribution in [0.4, 0.5) is 34.1 Å². The van der Waals surface area contributed by atoms with Crippen LogP contribution in [0.3, 0.4) is 0 Å². The molecule has 0 saturated heterocycles. The molecule has 20 aromatic rings. The van der Waals surface area contributed by atoms with Gasteiger partial charge in [-0.05, 0) is 163 Å². The van der Waals surface area contributed by atoms with Gasteiger partial charge < -0.3 is 18.9 Å². The Morgan fingerprint density at radius 1 is 0.190 bits per heavy atom. The van der Waals surface area contributed by atoms with Crippen molar-refractivity contribution in [1.29, 1.82) is 0 Å². The van der Waals surface area contributed by atoms with E-state index in [9.17, 15) is 0 Å². The zero-order valence-corrected chi connectivity index (χ0v) is 54.6. The monoisotopic (exact) mass is 1270 g/mol. The van der Waals surface area contributed by atoms with Gasteiger partial charge in [-0.15, -0.1) is 0 Å². The van der Waals surface area contributed by atoms with Gasteiger partial charge in [0.15, 0.2) is 0 Å². The summed E-state index contributed by atoms with van der Waals surface area (Å²) in [7, 11) is 0. The molecule has 0 saturated carbocycles. The van der Waals surface area contributed by atoms with Crippen LogP contribution in [0, 0.1) is 0 Å². The van der Waals surface area contributed by atoms with E-state index < -0.39 is 0 Å². The summed E-state index contributed by atoms with van der Waals surface area (Å²) in [5, 5.41) is 16.4. The predicted octanol–water partition coefficient (Wildman–Crippen LogP) is 26.7. The maximum absolute atomic E-state index is 2.60. The molecular formula is C96H62N4. The standard InChI is InChI=1S/C96H62N4/c1-7-23-63(24-8-1)71-41-39-67-43-51-77(65-27-11-3-12-28-65)95(83(67)59-71)99(75-49-57-91-85(61-75)79-35-19-21-37-87(79)97(91)73-31-15-5-16-32-73)89-55-47-69-46-54-82-90(56-48-70-45-53-81(89)93(69)94(70)82)100(76-50-58-92-86(62-76)80-36-20-22-38-88(80)98(92)74-33-17-6-18-34-74)96-78(66-29-13-4-14-30-66)52-44-68-40-42-72(60-84(68)96)64-25-9-2-10-26-64/h1-62H. The van der Waals surface area contributed by atoms with E-state index in [4.69, 9.17) is 0 Å². The lowest BCUT2D eigenvalue weighted by molar-refractivity contribution is 1.18. The summed E-state index contributed by atoms with van der Waals surface area (Å²) < 4.78 is 4.83. The molecule has 0 amide bonds. The van der Waals surface area contributed by atoms with E-state index >= 15 is 0 Å². The minimum absolute atomic E-state index is 1.06. The van der Waals surface area contributed by atoms with Crippen LogP contribution >= 0.6 is 0 Å². The van der Waals surface area contributed by atoms with Crippen molar-refractivity contribution >= 4 is 132 Å². The number of anilines is 6. The molecule has 0 atom stereocenters. The number of rotatable bonds is 12. The maximum atomic E-state index is 2.60. The van der Waals surface area contributed by atoms with Gasteiger partial charge in [0.2, 0.25) is 0 Å². The van der Waals surface area contributed by atoms with Crippen LogP contribution in [-0.2, 0) is 0 Å². The number of fused-ring (bicyclic) bond motifs is 8. The maximum Gasteiger partial charge on any atom is 0.0618 e. The van der Waals surface area contributed by atoms with Gasteiger partial charge in [-0.1, -0.05) is 279 Å². The fourth-order valence-corrected chi connectivity index (χ4v) is 16.3. The third-order valence-electron chi connectivity index (χ3n) is 20.8. The molecule has 0 aliphatic carbocycles. The average Bonchev–Trinajstić information content (AvgIpc) is 0.843. The molecule has 2 heterocycles. The molecule has 0 bridgehead atoms. The van der Waals surface area contributed by atoms with E-state index in [0.717, 1.165) is 133 Å². The Bertz CT molecular complexity index is 6150. The lowest BCUT2D eigenvalue weighted by atomic mass is 9.90. The molecule has 18 aromatic carbocycles. The number of benzene rings is 18. The molecule has 0 spiro atoms. The van der Waals surface area contributed by atoms with Crippen LogP contribution in [-0.4, -0.2) is 9.13 Å². The molecule has 0 aliphatic rings. The summed E-state index contributed by atoms with van der Waals surface area (Å²) in [5.41, 5.74) is 22.6. The summed E-state index contributed by atoms with van der Waals surface area (Å²) in [4.78, 5) is 5.20. The van der Waals surface area contributed by atoms with Crippen molar-refractivity contribution in [2.45, 2.75) is 0 Å². The summed E-state index contributed by atoms with van der Waals surface area (Å²) in [5.74, 6) is 0. The van der Waals surface area contributed by atoms with Crippen molar-refractivity contribution in [2.24, 2.45) is 0 Å². The lowest BCUT2D eigenvalue weighted by Gasteiger charge is -2.32. The molecule has 2 aromatic heterocycles. The van der Waals surface area contributed by atoms with Gasteiger partial charge in [0.1, 0.15) is 0 Å². The minimum atomic E-state index is 1.06. The number of hydrogen-bond donors (Lipinski definition) is 0. The molecule has 20 rings (SSSR count). The minimum Gasteiger partial charge on any atom is -0.309 e. The van der Waals surface area contributed by atoms with Crippen LogP contribution in [0.15, 0.2) is 376 Å². The highest BCUT2D eigenvalue weighted by atomic mass is 15.2. The number of nitrogens with zero attached hydrogens (tertiary/aromatic N) is 4. The Labute approximate surface area is 578 Å². The average molecular weight is 1270 g/mol. The molecule has 0 N–H and O–H groups in total. The molecule has 0 aliphatic heterocycles. The first kappa shape index (κ1) is 57.0. The molecule has 4 nitrogen and oxygen atoms in total. The summed E-state index contributed by atoms with van der Waals surface area (Å²) in [6.07, 6.45) is 0. The van der Waals surface area contributed by atoms with Crippen molar-refractivity contribution in [1.82, 2.24) is 9.13 Å². The van der Waals surface area contributed by atoms with E-state index in [-0.39, 0.29) is 0 Å². The molecule has 100 heavy (non-hydrogen) atoms. The van der Waals surface area contributed by atoms with Gasteiger partial charge >= 0.3 is 0 Å². The predicted molar refractivity (Wildman–Crippen MR) is 425 cm³/mol. The highest BCUT2D eigenvalue weighted by Gasteiger charge is 2.29. The highest BCUT2D eigenvalue weighted by Crippen LogP contribution is 2.54. The highest BCUT2D eigenvalue weighted by molar-refractivity contribution is 6.29. The van der Waals surface area contributed by atoms with Gasteiger partial charge in [-0.2, -0.15) is 0 Å². The quantitative estimate of drug-likeness (QED) is 0.113. The third-order valence-corrected chi connectivity index (χ3v) is 20.8. The molecule has 0 fully saturated rings. The number of hydrogen-bond acceptors (Lipinski definition) is 2. The van der Waals surface area contributed by atoms with E-state index in [1.165, 1.54) is 54.2 Å². The van der Waals surface area contributed by atoms with Crippen LogP contribution in [0.2, 0.25) is 0 Å². The molecular weight excluding hydrogens is 1210 g/mol. The van der Waals surface area contributed by atoms with Crippen LogP contribution in [0.5, 0.6) is 0 Å². The van der Waals surface area contributed by atoms with Gasteiger partial charge in [0, 0.05) is 77.0 Å². The fourth-order valence-electron chi connectivity index (χ4n) is 16.3. The van der Waals surface area contributed by atoms with Crippen molar-refractivity contribution in [3.8, 4) is 55.9 Å². The lowest BCUT2D eigenvalue weighted by Crippen LogP contribution is -2.13. The van der Waals surface area contributed by atoms with E-state index in [1.54, 1.807) is 0 Å². The zero-order valence-electron chi connectivity index (χ0n) is 54.6. The smallest absolute Gasteiger partial charge is 0.0618 e. The summed E-state index contributed by atoms with van der Waals surface area (Å²) >= 11 is 0. The summed E-state index contributed by atoms with van der Waals surface area (Å²) in [6, 6.07) is 140.